The highest BCUT2D eigenvalue weighted by molar-refractivity contribution is 9.10. The number of hydrogen-bond donors (Lipinski definition) is 1. The third-order valence-electron chi connectivity index (χ3n) is 3.27. The molecule has 0 radical (unpaired) electrons. The second kappa shape index (κ2) is 5.63. The molecule has 2 aromatic heterocycles. The zero-order valence-electron chi connectivity index (χ0n) is 9.71. The summed E-state index contributed by atoms with van der Waals surface area (Å²) in [5.41, 5.74) is 1.51. The van der Waals surface area contributed by atoms with Crippen LogP contribution in [0.3, 0.4) is 0 Å². The molecule has 0 bridgehead atoms. The standard InChI is InChI=1S/C13H13BrClNS2/c14-10-6-8(18-13(10)15)7-16-11-2-1-3-12-9(11)4-5-17-12/h4-6,11,16H,1-3,7H2. The summed E-state index contributed by atoms with van der Waals surface area (Å²) in [6, 6.07) is 4.89. The van der Waals surface area contributed by atoms with Crippen LogP contribution in [0.1, 0.15) is 34.2 Å². The van der Waals surface area contributed by atoms with Gasteiger partial charge in [0.15, 0.2) is 0 Å². The fraction of sp³-hybridized carbons (Fsp3) is 0.385. The van der Waals surface area contributed by atoms with Crippen LogP contribution in [0, 0.1) is 0 Å². The third kappa shape index (κ3) is 2.68. The summed E-state index contributed by atoms with van der Waals surface area (Å²) < 4.78 is 1.84. The molecule has 1 nitrogen and oxygen atoms in total. The van der Waals surface area contributed by atoms with Gasteiger partial charge >= 0.3 is 0 Å². The molecule has 5 heteroatoms. The maximum atomic E-state index is 6.06. The molecule has 0 saturated carbocycles. The minimum Gasteiger partial charge on any atom is -0.305 e. The van der Waals surface area contributed by atoms with Crippen LogP contribution >= 0.6 is 50.2 Å². The Labute approximate surface area is 128 Å². The molecule has 1 aliphatic rings. The molecule has 0 amide bonds. The lowest BCUT2D eigenvalue weighted by Gasteiger charge is -2.23. The Balaban J connectivity index is 1.68. The summed E-state index contributed by atoms with van der Waals surface area (Å²) >= 11 is 13.1. The lowest BCUT2D eigenvalue weighted by molar-refractivity contribution is 0.465. The van der Waals surface area contributed by atoms with Gasteiger partial charge in [-0.05, 0) is 58.3 Å². The summed E-state index contributed by atoms with van der Waals surface area (Å²) in [6.07, 6.45) is 3.78. The zero-order chi connectivity index (χ0) is 12.5. The summed E-state index contributed by atoms with van der Waals surface area (Å²) in [5.74, 6) is 0. The molecule has 1 aliphatic carbocycles. The number of fused-ring (bicyclic) bond motifs is 1. The molecule has 0 aliphatic heterocycles. The summed E-state index contributed by atoms with van der Waals surface area (Å²) in [5, 5.41) is 5.87. The van der Waals surface area contributed by atoms with Crippen molar-refractivity contribution in [1.29, 1.82) is 0 Å². The van der Waals surface area contributed by atoms with Gasteiger partial charge in [0, 0.05) is 26.8 Å². The fourth-order valence-electron chi connectivity index (χ4n) is 2.40. The van der Waals surface area contributed by atoms with Gasteiger partial charge in [0.25, 0.3) is 0 Å². The molecule has 96 valence electrons. The molecule has 0 spiro atoms. The summed E-state index contributed by atoms with van der Waals surface area (Å²) in [6.45, 7) is 0.899. The van der Waals surface area contributed by atoms with Gasteiger partial charge in [0.2, 0.25) is 0 Å². The molecule has 2 aromatic rings. The first-order valence-corrected chi connectivity index (χ1v) is 8.84. The first-order chi connectivity index (χ1) is 8.74. The second-order valence-corrected chi connectivity index (χ2v) is 8.05. The zero-order valence-corrected chi connectivity index (χ0v) is 13.7. The number of aryl methyl sites for hydroxylation is 1. The molecule has 1 N–H and O–H groups in total. The van der Waals surface area contributed by atoms with Crippen molar-refractivity contribution >= 4 is 50.2 Å². The van der Waals surface area contributed by atoms with E-state index in [1.807, 2.05) is 11.3 Å². The Morgan fingerprint density at radius 3 is 3.17 bits per heavy atom. The Morgan fingerprint density at radius 1 is 1.50 bits per heavy atom. The van der Waals surface area contributed by atoms with Gasteiger partial charge in [-0.2, -0.15) is 0 Å². The topological polar surface area (TPSA) is 12.0 Å². The van der Waals surface area contributed by atoms with Crippen LogP contribution < -0.4 is 5.32 Å². The van der Waals surface area contributed by atoms with Crippen LogP contribution in [0.25, 0.3) is 0 Å². The predicted octanol–water partition coefficient (Wildman–Crippen LogP) is 5.39. The lowest BCUT2D eigenvalue weighted by Crippen LogP contribution is -2.23. The van der Waals surface area contributed by atoms with Crippen LogP contribution in [0.4, 0.5) is 0 Å². The minimum atomic E-state index is 0.514. The van der Waals surface area contributed by atoms with Gasteiger partial charge in [-0.15, -0.1) is 22.7 Å². The van der Waals surface area contributed by atoms with Gasteiger partial charge in [-0.1, -0.05) is 11.6 Å². The number of hydrogen-bond acceptors (Lipinski definition) is 3. The van der Waals surface area contributed by atoms with Gasteiger partial charge in [0.1, 0.15) is 4.34 Å². The maximum Gasteiger partial charge on any atom is 0.107 e. The van der Waals surface area contributed by atoms with Gasteiger partial charge in [-0.3, -0.25) is 0 Å². The van der Waals surface area contributed by atoms with E-state index in [9.17, 15) is 0 Å². The number of rotatable bonds is 3. The smallest absolute Gasteiger partial charge is 0.107 e. The SMILES string of the molecule is Clc1sc(CNC2CCCc3sccc32)cc1Br. The van der Waals surface area contributed by atoms with Crippen molar-refractivity contribution in [2.45, 2.75) is 31.8 Å². The van der Waals surface area contributed by atoms with Crippen LogP contribution in [0.15, 0.2) is 22.0 Å². The highest BCUT2D eigenvalue weighted by Gasteiger charge is 2.20. The molecule has 0 aromatic carbocycles. The Morgan fingerprint density at radius 2 is 2.39 bits per heavy atom. The van der Waals surface area contributed by atoms with E-state index in [2.05, 4.69) is 38.8 Å². The van der Waals surface area contributed by atoms with E-state index in [1.165, 1.54) is 29.7 Å². The third-order valence-corrected chi connectivity index (χ3v) is 6.74. The maximum absolute atomic E-state index is 6.06. The predicted molar refractivity (Wildman–Crippen MR) is 83.9 cm³/mol. The number of halogens is 2. The molecule has 0 fully saturated rings. The quantitative estimate of drug-likeness (QED) is 0.771. The molecule has 1 unspecified atom stereocenters. The Bertz CT molecular complexity index is 529. The van der Waals surface area contributed by atoms with Crippen LogP contribution in [0.2, 0.25) is 4.34 Å². The van der Waals surface area contributed by atoms with Crippen molar-refractivity contribution < 1.29 is 0 Å². The van der Waals surface area contributed by atoms with E-state index in [0.29, 0.717) is 6.04 Å². The van der Waals surface area contributed by atoms with Crippen LogP contribution in [0.5, 0.6) is 0 Å². The van der Waals surface area contributed by atoms with Crippen molar-refractivity contribution in [3.8, 4) is 0 Å². The van der Waals surface area contributed by atoms with Crippen molar-refractivity contribution in [2.75, 3.05) is 0 Å². The van der Waals surface area contributed by atoms with Gasteiger partial charge in [-0.25, -0.2) is 0 Å². The summed E-state index contributed by atoms with van der Waals surface area (Å²) in [4.78, 5) is 2.85. The van der Waals surface area contributed by atoms with E-state index in [4.69, 9.17) is 11.6 Å². The largest absolute Gasteiger partial charge is 0.305 e. The van der Waals surface area contributed by atoms with Crippen molar-refractivity contribution in [3.63, 3.8) is 0 Å². The van der Waals surface area contributed by atoms with Crippen molar-refractivity contribution in [3.05, 3.63) is 41.6 Å². The fourth-order valence-corrected chi connectivity index (χ4v) is 5.13. The van der Waals surface area contributed by atoms with Crippen LogP contribution in [-0.4, -0.2) is 0 Å². The Kier molecular flexibility index (Phi) is 4.11. The average molecular weight is 363 g/mol. The van der Waals surface area contributed by atoms with Crippen LogP contribution in [-0.2, 0) is 13.0 Å². The Hall–Kier alpha value is 0.130. The van der Waals surface area contributed by atoms with Crippen molar-refractivity contribution in [2.24, 2.45) is 0 Å². The van der Waals surface area contributed by atoms with E-state index >= 15 is 0 Å². The summed E-state index contributed by atoms with van der Waals surface area (Å²) in [7, 11) is 0. The highest BCUT2D eigenvalue weighted by Crippen LogP contribution is 2.35. The average Bonchev–Trinajstić information content (AvgIpc) is 2.94. The van der Waals surface area contributed by atoms with E-state index in [1.54, 1.807) is 16.2 Å². The molecule has 1 atom stereocenters. The van der Waals surface area contributed by atoms with E-state index < -0.39 is 0 Å². The first-order valence-electron chi connectivity index (χ1n) is 5.97. The molecular weight excluding hydrogens is 350 g/mol. The number of thiophene rings is 2. The van der Waals surface area contributed by atoms with E-state index in [0.717, 1.165) is 15.4 Å². The number of nitrogens with one attached hydrogen (secondary N) is 1. The van der Waals surface area contributed by atoms with E-state index in [-0.39, 0.29) is 0 Å². The normalized spacial score (nSPS) is 18.9. The molecular formula is C13H13BrClNS2. The highest BCUT2D eigenvalue weighted by atomic mass is 79.9. The van der Waals surface area contributed by atoms with Gasteiger partial charge in [0.05, 0.1) is 0 Å². The molecule has 2 heterocycles. The van der Waals surface area contributed by atoms with Crippen molar-refractivity contribution in [1.82, 2.24) is 5.32 Å². The monoisotopic (exact) mass is 361 g/mol. The minimum absolute atomic E-state index is 0.514. The molecule has 3 rings (SSSR count). The molecule has 0 saturated heterocycles. The molecule has 18 heavy (non-hydrogen) atoms. The lowest BCUT2D eigenvalue weighted by atomic mass is 9.94. The first kappa shape index (κ1) is 13.1. The second-order valence-electron chi connectivity index (χ2n) is 4.46. The van der Waals surface area contributed by atoms with Gasteiger partial charge < -0.3 is 5.32 Å².